The van der Waals surface area contributed by atoms with Crippen molar-refractivity contribution >= 4 is 63.3 Å². The Kier molecular flexibility index (Phi) is 6.12. The molecular formula is C22H17Cl2NO4S2. The fraction of sp³-hybridized carbons (Fsp3) is 0.182. The number of aliphatic hydroxyl groups excluding tert-OH is 1. The van der Waals surface area contributed by atoms with Gasteiger partial charge >= 0.3 is 0 Å². The van der Waals surface area contributed by atoms with Crippen LogP contribution in [0.15, 0.2) is 46.7 Å². The Balaban J connectivity index is 1.94. The molecule has 0 saturated carbocycles. The lowest BCUT2D eigenvalue weighted by Gasteiger charge is -2.24. The third-order valence-corrected chi connectivity index (χ3v) is 7.50. The number of Topliss-reactive ketones (excluding diaryl/α,β-unsaturated/α-hetero) is 1. The molecule has 0 aliphatic carbocycles. The van der Waals surface area contributed by atoms with Crippen LogP contribution < -0.4 is 4.74 Å². The van der Waals surface area contributed by atoms with Gasteiger partial charge in [0.15, 0.2) is 0 Å². The molecule has 9 heteroatoms. The zero-order chi connectivity index (χ0) is 22.3. The van der Waals surface area contributed by atoms with Crippen molar-refractivity contribution in [2.45, 2.75) is 19.5 Å². The fourth-order valence-electron chi connectivity index (χ4n) is 3.64. The molecule has 5 nitrogen and oxygen atoms in total. The van der Waals surface area contributed by atoms with E-state index in [1.165, 1.54) is 46.8 Å². The first-order valence-electron chi connectivity index (χ1n) is 9.21. The van der Waals surface area contributed by atoms with E-state index in [2.05, 4.69) is 0 Å². The Bertz CT molecular complexity index is 1200. The second-order valence-electron chi connectivity index (χ2n) is 6.94. The van der Waals surface area contributed by atoms with Crippen molar-refractivity contribution in [3.05, 3.63) is 77.6 Å². The molecule has 1 atom stereocenters. The smallest absolute Gasteiger partial charge is 0.296 e. The number of hydrogen-bond donors (Lipinski definition) is 1. The summed E-state index contributed by atoms with van der Waals surface area (Å²) in [6.45, 7) is 2.17. The average Bonchev–Trinajstić information content (AvgIpc) is 3.44. The van der Waals surface area contributed by atoms with Crippen molar-refractivity contribution in [3.63, 3.8) is 0 Å². The number of halogens is 2. The number of carbonyl (C=O) groups excluding carboxylic acids is 2. The number of likely N-dealkylation sites (tertiary alicyclic amines) is 1. The fourth-order valence-corrected chi connectivity index (χ4v) is 5.96. The van der Waals surface area contributed by atoms with Gasteiger partial charge in [0.25, 0.3) is 11.7 Å². The third kappa shape index (κ3) is 3.87. The van der Waals surface area contributed by atoms with Crippen molar-refractivity contribution in [1.29, 1.82) is 0 Å². The summed E-state index contributed by atoms with van der Waals surface area (Å²) in [5.74, 6) is -1.62. The molecule has 4 rings (SSSR count). The summed E-state index contributed by atoms with van der Waals surface area (Å²) in [5.41, 5.74) is 1.08. The number of methoxy groups -OCH3 is 1. The van der Waals surface area contributed by atoms with Crippen LogP contribution in [0.5, 0.6) is 5.75 Å². The first kappa shape index (κ1) is 21.9. The highest BCUT2D eigenvalue weighted by atomic mass is 35.5. The quantitative estimate of drug-likeness (QED) is 0.266. The topological polar surface area (TPSA) is 66.8 Å². The standard InChI is InChI=1S/C22H17Cl2NO4S2/c1-11-5-7-31-21(11)17-16(18(26)14-8-12(23)9-15(24)20(14)29-2)19(27)22(28)25(17)10-13-4-3-6-30-13/h3-9,17,26H,10H2,1-2H3/b18-16+. The first-order chi connectivity index (χ1) is 14.8. The minimum Gasteiger partial charge on any atom is -0.507 e. The molecule has 160 valence electrons. The molecule has 1 N–H and O–H groups in total. The summed E-state index contributed by atoms with van der Waals surface area (Å²) in [7, 11) is 1.40. The first-order valence-corrected chi connectivity index (χ1v) is 11.7. The Hall–Kier alpha value is -2.32. The molecular weight excluding hydrogens is 477 g/mol. The largest absolute Gasteiger partial charge is 0.507 e. The molecule has 1 fully saturated rings. The predicted octanol–water partition coefficient (Wildman–Crippen LogP) is 6.06. The molecule has 1 aliphatic rings. The lowest BCUT2D eigenvalue weighted by atomic mass is 9.98. The second kappa shape index (κ2) is 8.67. The van der Waals surface area contributed by atoms with Gasteiger partial charge in [-0.3, -0.25) is 9.59 Å². The number of thiophene rings is 2. The number of nitrogens with zero attached hydrogens (tertiary/aromatic N) is 1. The lowest BCUT2D eigenvalue weighted by Crippen LogP contribution is -2.28. The molecule has 3 heterocycles. The number of carbonyl (C=O) groups is 2. The molecule has 3 aromatic rings. The van der Waals surface area contributed by atoms with E-state index in [1.807, 2.05) is 35.9 Å². The number of aliphatic hydroxyl groups is 1. The average molecular weight is 494 g/mol. The van der Waals surface area contributed by atoms with E-state index >= 15 is 0 Å². The maximum Gasteiger partial charge on any atom is 0.296 e. The van der Waals surface area contributed by atoms with Crippen LogP contribution in [0.25, 0.3) is 5.76 Å². The van der Waals surface area contributed by atoms with Crippen molar-refractivity contribution < 1.29 is 19.4 Å². The second-order valence-corrected chi connectivity index (χ2v) is 9.77. The Morgan fingerprint density at radius 2 is 1.97 bits per heavy atom. The number of hydrogen-bond acceptors (Lipinski definition) is 6. The molecule has 1 saturated heterocycles. The van der Waals surface area contributed by atoms with Gasteiger partial charge in [0.05, 0.1) is 29.8 Å². The van der Waals surface area contributed by atoms with E-state index in [4.69, 9.17) is 27.9 Å². The Morgan fingerprint density at radius 1 is 1.19 bits per heavy atom. The number of rotatable bonds is 5. The van der Waals surface area contributed by atoms with E-state index in [1.54, 1.807) is 0 Å². The molecule has 1 amide bonds. The van der Waals surface area contributed by atoms with Crippen LogP contribution in [0.3, 0.4) is 0 Å². The molecule has 1 aliphatic heterocycles. The number of aryl methyl sites for hydroxylation is 1. The number of ketones is 1. The highest BCUT2D eigenvalue weighted by Gasteiger charge is 2.47. The van der Waals surface area contributed by atoms with Crippen molar-refractivity contribution in [2.24, 2.45) is 0 Å². The number of amides is 1. The van der Waals surface area contributed by atoms with E-state index in [-0.39, 0.29) is 39.2 Å². The van der Waals surface area contributed by atoms with Gasteiger partial charge in [-0.15, -0.1) is 22.7 Å². The monoisotopic (exact) mass is 493 g/mol. The highest BCUT2D eigenvalue weighted by Crippen LogP contribution is 2.45. The Labute approximate surface area is 197 Å². The van der Waals surface area contributed by atoms with E-state index in [0.29, 0.717) is 0 Å². The molecule has 1 aromatic carbocycles. The SMILES string of the molecule is COc1c(Cl)cc(Cl)cc1/C(O)=C1\C(=O)C(=O)N(Cc2cccs2)C1c1sccc1C. The zero-order valence-corrected chi connectivity index (χ0v) is 19.7. The van der Waals surface area contributed by atoms with Crippen LogP contribution in [0, 0.1) is 6.92 Å². The normalized spacial score (nSPS) is 18.1. The van der Waals surface area contributed by atoms with Gasteiger partial charge in [-0.05, 0) is 47.5 Å². The molecule has 1 unspecified atom stereocenters. The van der Waals surface area contributed by atoms with Gasteiger partial charge in [-0.25, -0.2) is 0 Å². The van der Waals surface area contributed by atoms with Crippen LogP contribution in [0.4, 0.5) is 0 Å². The van der Waals surface area contributed by atoms with E-state index < -0.39 is 17.7 Å². The molecule has 2 aromatic heterocycles. The van der Waals surface area contributed by atoms with Crippen LogP contribution in [-0.4, -0.2) is 28.8 Å². The summed E-state index contributed by atoms with van der Waals surface area (Å²) in [4.78, 5) is 29.4. The minimum atomic E-state index is -0.759. The predicted molar refractivity (Wildman–Crippen MR) is 124 cm³/mol. The van der Waals surface area contributed by atoms with Crippen molar-refractivity contribution in [2.75, 3.05) is 7.11 Å². The highest BCUT2D eigenvalue weighted by molar-refractivity contribution is 7.10. The zero-order valence-electron chi connectivity index (χ0n) is 16.5. The summed E-state index contributed by atoms with van der Waals surface area (Å²) in [6.07, 6.45) is 0. The Morgan fingerprint density at radius 3 is 2.58 bits per heavy atom. The third-order valence-electron chi connectivity index (χ3n) is 5.06. The summed E-state index contributed by atoms with van der Waals surface area (Å²) >= 11 is 15.3. The van der Waals surface area contributed by atoms with Gasteiger partial charge in [-0.1, -0.05) is 29.3 Å². The lowest BCUT2D eigenvalue weighted by molar-refractivity contribution is -0.140. The van der Waals surface area contributed by atoms with Gasteiger partial charge in [0.1, 0.15) is 17.6 Å². The number of benzene rings is 1. The molecule has 31 heavy (non-hydrogen) atoms. The van der Waals surface area contributed by atoms with Crippen LogP contribution >= 0.6 is 45.9 Å². The van der Waals surface area contributed by atoms with E-state index in [0.717, 1.165) is 15.3 Å². The maximum absolute atomic E-state index is 13.1. The van der Waals surface area contributed by atoms with E-state index in [9.17, 15) is 14.7 Å². The minimum absolute atomic E-state index is 0.0104. The molecule has 0 radical (unpaired) electrons. The van der Waals surface area contributed by atoms with Gasteiger partial charge < -0.3 is 14.7 Å². The summed E-state index contributed by atoms with van der Waals surface area (Å²) in [5, 5.41) is 15.5. The van der Waals surface area contributed by atoms with Crippen molar-refractivity contribution in [3.8, 4) is 5.75 Å². The van der Waals surface area contributed by atoms with Gasteiger partial charge in [0.2, 0.25) is 0 Å². The molecule has 0 bridgehead atoms. The molecule has 0 spiro atoms. The van der Waals surface area contributed by atoms with Gasteiger partial charge in [-0.2, -0.15) is 0 Å². The number of ether oxygens (including phenoxy) is 1. The van der Waals surface area contributed by atoms with Crippen LogP contribution in [0.1, 0.15) is 26.9 Å². The van der Waals surface area contributed by atoms with Gasteiger partial charge in [0, 0.05) is 14.8 Å². The summed E-state index contributed by atoms with van der Waals surface area (Å²) in [6, 6.07) is 7.93. The summed E-state index contributed by atoms with van der Waals surface area (Å²) < 4.78 is 5.35. The van der Waals surface area contributed by atoms with Crippen molar-refractivity contribution in [1.82, 2.24) is 4.90 Å². The van der Waals surface area contributed by atoms with Crippen LogP contribution in [0.2, 0.25) is 10.0 Å². The van der Waals surface area contributed by atoms with Crippen LogP contribution in [-0.2, 0) is 16.1 Å². The maximum atomic E-state index is 13.1.